The highest BCUT2D eigenvalue weighted by molar-refractivity contribution is 5.76. The van der Waals surface area contributed by atoms with E-state index in [1.807, 2.05) is 17.0 Å². The molecule has 1 fully saturated rings. The molecular formula is C13H19N3O. The number of likely N-dealkylation sites (tertiary alicyclic amines) is 1. The van der Waals surface area contributed by atoms with Crippen molar-refractivity contribution < 1.29 is 4.79 Å². The first-order chi connectivity index (χ1) is 8.25. The van der Waals surface area contributed by atoms with E-state index >= 15 is 0 Å². The largest absolute Gasteiger partial charge is 0.384 e. The van der Waals surface area contributed by atoms with Crippen molar-refractivity contribution in [2.45, 2.75) is 38.6 Å². The molecule has 1 amide bonds. The van der Waals surface area contributed by atoms with Crippen LogP contribution in [-0.2, 0) is 11.3 Å². The van der Waals surface area contributed by atoms with E-state index in [4.69, 9.17) is 5.73 Å². The van der Waals surface area contributed by atoms with Crippen LogP contribution in [0.15, 0.2) is 18.3 Å². The molecule has 1 aromatic heterocycles. The summed E-state index contributed by atoms with van der Waals surface area (Å²) in [5.74, 6) is 0.780. The van der Waals surface area contributed by atoms with Gasteiger partial charge in [0, 0.05) is 25.7 Å². The summed E-state index contributed by atoms with van der Waals surface area (Å²) >= 11 is 0. The van der Waals surface area contributed by atoms with Crippen LogP contribution in [0.5, 0.6) is 0 Å². The third-order valence-corrected chi connectivity index (χ3v) is 3.14. The third kappa shape index (κ3) is 3.44. The summed E-state index contributed by atoms with van der Waals surface area (Å²) in [6.07, 6.45) is 6.91. The minimum atomic E-state index is 0.264. The molecule has 0 bridgehead atoms. The van der Waals surface area contributed by atoms with Gasteiger partial charge in [0.2, 0.25) is 5.91 Å². The van der Waals surface area contributed by atoms with Gasteiger partial charge in [-0.2, -0.15) is 0 Å². The average Bonchev–Trinajstić information content (AvgIpc) is 2.29. The maximum Gasteiger partial charge on any atom is 0.222 e. The van der Waals surface area contributed by atoms with Crippen molar-refractivity contribution >= 4 is 11.7 Å². The highest BCUT2D eigenvalue weighted by atomic mass is 16.2. The summed E-state index contributed by atoms with van der Waals surface area (Å²) in [6, 6.07) is 3.76. The summed E-state index contributed by atoms with van der Waals surface area (Å²) in [7, 11) is 0. The van der Waals surface area contributed by atoms with Crippen LogP contribution in [0.4, 0.5) is 5.82 Å². The number of pyridine rings is 1. The second-order valence-electron chi connectivity index (χ2n) is 4.57. The predicted molar refractivity (Wildman–Crippen MR) is 67.2 cm³/mol. The number of anilines is 1. The van der Waals surface area contributed by atoms with Gasteiger partial charge < -0.3 is 10.6 Å². The molecule has 17 heavy (non-hydrogen) atoms. The van der Waals surface area contributed by atoms with Gasteiger partial charge in [-0.1, -0.05) is 12.8 Å². The van der Waals surface area contributed by atoms with E-state index in [1.165, 1.54) is 12.8 Å². The number of rotatable bonds is 2. The van der Waals surface area contributed by atoms with E-state index in [0.29, 0.717) is 18.8 Å². The maximum atomic E-state index is 11.9. The lowest BCUT2D eigenvalue weighted by atomic mass is 10.1. The molecule has 0 atom stereocenters. The van der Waals surface area contributed by atoms with Crippen molar-refractivity contribution in [3.05, 3.63) is 23.9 Å². The van der Waals surface area contributed by atoms with Crippen LogP contribution in [0.3, 0.4) is 0 Å². The standard InChI is InChI=1S/C13H19N3O/c14-12-9-11(6-7-15-12)10-16-8-4-2-1-3-5-13(16)17/h6-7,9H,1-5,8,10H2,(H2,14,15). The first kappa shape index (κ1) is 11.9. The van der Waals surface area contributed by atoms with Gasteiger partial charge in [0.1, 0.15) is 5.82 Å². The van der Waals surface area contributed by atoms with Gasteiger partial charge in [0.05, 0.1) is 0 Å². The van der Waals surface area contributed by atoms with Crippen molar-refractivity contribution in [3.63, 3.8) is 0 Å². The lowest BCUT2D eigenvalue weighted by Crippen LogP contribution is -2.32. The molecule has 0 unspecified atom stereocenters. The number of carbonyl (C=O) groups is 1. The average molecular weight is 233 g/mol. The van der Waals surface area contributed by atoms with Crippen molar-refractivity contribution in [1.82, 2.24) is 9.88 Å². The fraction of sp³-hybridized carbons (Fsp3) is 0.538. The molecule has 2 rings (SSSR count). The quantitative estimate of drug-likeness (QED) is 0.849. The Morgan fingerprint density at radius 3 is 2.94 bits per heavy atom. The van der Waals surface area contributed by atoms with Crippen molar-refractivity contribution in [2.75, 3.05) is 12.3 Å². The summed E-state index contributed by atoms with van der Waals surface area (Å²) < 4.78 is 0. The van der Waals surface area contributed by atoms with Gasteiger partial charge in [-0.15, -0.1) is 0 Å². The fourth-order valence-electron chi connectivity index (χ4n) is 2.20. The molecule has 1 saturated heterocycles. The minimum Gasteiger partial charge on any atom is -0.384 e. The Bertz CT molecular complexity index is 392. The smallest absolute Gasteiger partial charge is 0.222 e. The number of hydrogen-bond donors (Lipinski definition) is 1. The number of nitrogens with two attached hydrogens (primary N) is 1. The zero-order chi connectivity index (χ0) is 12.1. The molecule has 0 spiro atoms. The Labute approximate surface area is 102 Å². The van der Waals surface area contributed by atoms with E-state index in [1.54, 1.807) is 6.20 Å². The molecule has 2 N–H and O–H groups in total. The van der Waals surface area contributed by atoms with Gasteiger partial charge in [-0.05, 0) is 30.5 Å². The number of aromatic nitrogens is 1. The molecule has 4 nitrogen and oxygen atoms in total. The molecule has 1 aliphatic rings. The normalized spacial score (nSPS) is 17.6. The van der Waals surface area contributed by atoms with E-state index in [2.05, 4.69) is 4.98 Å². The monoisotopic (exact) mass is 233 g/mol. The summed E-state index contributed by atoms with van der Waals surface area (Å²) in [5.41, 5.74) is 6.70. The van der Waals surface area contributed by atoms with E-state index in [0.717, 1.165) is 24.9 Å². The van der Waals surface area contributed by atoms with Crippen LogP contribution < -0.4 is 5.73 Å². The third-order valence-electron chi connectivity index (χ3n) is 3.14. The van der Waals surface area contributed by atoms with Crippen molar-refractivity contribution in [1.29, 1.82) is 0 Å². The van der Waals surface area contributed by atoms with Crippen LogP contribution in [0.2, 0.25) is 0 Å². The molecule has 0 aromatic carbocycles. The van der Waals surface area contributed by atoms with Gasteiger partial charge >= 0.3 is 0 Å². The van der Waals surface area contributed by atoms with Gasteiger partial charge in [-0.3, -0.25) is 4.79 Å². The predicted octanol–water partition coefficient (Wildman–Crippen LogP) is 1.96. The van der Waals surface area contributed by atoms with Crippen LogP contribution in [0.1, 0.15) is 37.7 Å². The van der Waals surface area contributed by atoms with Gasteiger partial charge in [-0.25, -0.2) is 4.98 Å². The van der Waals surface area contributed by atoms with Gasteiger partial charge in [0.25, 0.3) is 0 Å². The maximum absolute atomic E-state index is 11.9. The SMILES string of the molecule is Nc1cc(CN2CCCCCCC2=O)ccn1. The molecule has 2 heterocycles. The van der Waals surface area contributed by atoms with Crippen molar-refractivity contribution in [3.8, 4) is 0 Å². The molecular weight excluding hydrogens is 214 g/mol. The first-order valence-corrected chi connectivity index (χ1v) is 6.24. The summed E-state index contributed by atoms with van der Waals surface area (Å²) in [4.78, 5) is 17.8. The zero-order valence-electron chi connectivity index (χ0n) is 10.1. The number of amides is 1. The zero-order valence-corrected chi connectivity index (χ0v) is 10.1. The Kier molecular flexibility index (Phi) is 3.96. The van der Waals surface area contributed by atoms with Crippen LogP contribution in [0.25, 0.3) is 0 Å². The Morgan fingerprint density at radius 2 is 2.12 bits per heavy atom. The van der Waals surface area contributed by atoms with Crippen molar-refractivity contribution in [2.24, 2.45) is 0 Å². The Morgan fingerprint density at radius 1 is 1.29 bits per heavy atom. The highest BCUT2D eigenvalue weighted by Gasteiger charge is 2.15. The second kappa shape index (κ2) is 5.66. The number of carbonyl (C=O) groups excluding carboxylic acids is 1. The van der Waals surface area contributed by atoms with Crippen LogP contribution >= 0.6 is 0 Å². The van der Waals surface area contributed by atoms with Crippen LogP contribution in [-0.4, -0.2) is 22.3 Å². The molecule has 0 saturated carbocycles. The van der Waals surface area contributed by atoms with E-state index in [9.17, 15) is 4.79 Å². The van der Waals surface area contributed by atoms with Gasteiger partial charge in [0.15, 0.2) is 0 Å². The lowest BCUT2D eigenvalue weighted by molar-refractivity contribution is -0.132. The summed E-state index contributed by atoms with van der Waals surface area (Å²) in [6.45, 7) is 1.52. The number of hydrogen-bond acceptors (Lipinski definition) is 3. The Hall–Kier alpha value is -1.58. The molecule has 1 aliphatic heterocycles. The molecule has 0 aliphatic carbocycles. The minimum absolute atomic E-state index is 0.264. The topological polar surface area (TPSA) is 59.2 Å². The molecule has 92 valence electrons. The van der Waals surface area contributed by atoms with E-state index in [-0.39, 0.29) is 5.91 Å². The summed E-state index contributed by atoms with van der Waals surface area (Å²) in [5, 5.41) is 0. The molecule has 1 aromatic rings. The molecule has 4 heteroatoms. The lowest BCUT2D eigenvalue weighted by Gasteiger charge is -2.24. The Balaban J connectivity index is 2.02. The second-order valence-corrected chi connectivity index (χ2v) is 4.57. The number of nitrogen functional groups attached to an aromatic ring is 1. The fourth-order valence-corrected chi connectivity index (χ4v) is 2.20. The first-order valence-electron chi connectivity index (χ1n) is 6.24. The highest BCUT2D eigenvalue weighted by Crippen LogP contribution is 2.15. The van der Waals surface area contributed by atoms with E-state index < -0.39 is 0 Å². The molecule has 0 radical (unpaired) electrons. The number of nitrogens with zero attached hydrogens (tertiary/aromatic N) is 2. The van der Waals surface area contributed by atoms with Crippen LogP contribution in [0, 0.1) is 0 Å².